The van der Waals surface area contributed by atoms with Crippen molar-refractivity contribution in [3.05, 3.63) is 79.1 Å². The Morgan fingerprint density at radius 2 is 2.03 bits per heavy atom. The van der Waals surface area contributed by atoms with Gasteiger partial charge in [-0.05, 0) is 31.2 Å². The number of aromatic nitrogens is 2. The minimum absolute atomic E-state index is 0.0460. The number of nitrogens with zero attached hydrogens (tertiary/aromatic N) is 1. The van der Waals surface area contributed by atoms with Crippen molar-refractivity contribution in [2.75, 3.05) is 13.2 Å². The third-order valence-electron chi connectivity index (χ3n) is 5.72. The predicted octanol–water partition coefficient (Wildman–Crippen LogP) is -0.716. The molecule has 180 valence electrons. The number of nitrogens with one attached hydrogen (secondary N) is 2. The lowest BCUT2D eigenvalue weighted by Crippen LogP contribution is -2.33. The van der Waals surface area contributed by atoms with Crippen molar-refractivity contribution < 1.29 is 29.3 Å². The van der Waals surface area contributed by atoms with E-state index in [0.717, 1.165) is 4.57 Å². The molecule has 35 heavy (non-hydrogen) atoms. The maximum absolute atomic E-state index is 12.5. The molecule has 1 aromatic heterocycles. The molecule has 1 unspecified atom stereocenters. The molecule has 3 atom stereocenters. The quantitative estimate of drug-likeness (QED) is 0.417. The van der Waals surface area contributed by atoms with Crippen LogP contribution < -0.4 is 16.6 Å². The van der Waals surface area contributed by atoms with Crippen molar-refractivity contribution >= 4 is 17.5 Å². The Hall–Kier alpha value is -4.11. The van der Waals surface area contributed by atoms with Crippen LogP contribution in [0.2, 0.25) is 0 Å². The summed E-state index contributed by atoms with van der Waals surface area (Å²) in [5.74, 6) is 4.03. The number of allylic oxidation sites excluding steroid dienone is 2. The van der Waals surface area contributed by atoms with E-state index < -0.39 is 42.2 Å². The number of rotatable bonds is 4. The first-order chi connectivity index (χ1) is 16.7. The lowest BCUT2D eigenvalue weighted by molar-refractivity contribution is -0.0459. The first kappa shape index (κ1) is 24.0. The van der Waals surface area contributed by atoms with Crippen LogP contribution in [-0.4, -0.2) is 62.6 Å². The number of carbonyl (C=O) groups is 3. The lowest BCUT2D eigenvalue weighted by atomic mass is 9.89. The highest BCUT2D eigenvalue weighted by atomic mass is 16.5. The van der Waals surface area contributed by atoms with Gasteiger partial charge >= 0.3 is 5.69 Å². The van der Waals surface area contributed by atoms with Gasteiger partial charge in [-0.3, -0.25) is 28.7 Å². The molecule has 1 saturated heterocycles. The highest BCUT2D eigenvalue weighted by Crippen LogP contribution is 2.27. The summed E-state index contributed by atoms with van der Waals surface area (Å²) in [5, 5.41) is 21.6. The van der Waals surface area contributed by atoms with Crippen molar-refractivity contribution in [1.29, 1.82) is 0 Å². The molecule has 2 aromatic rings. The SMILES string of the molecule is CC1=CC(=O)c2cc(C(=O)NCC#Cc3cn([C@H]4CC(O)[C@@H](CO)O4)c(=O)[nH]c3=O)ccc2C1=O. The maximum Gasteiger partial charge on any atom is 0.330 e. The van der Waals surface area contributed by atoms with E-state index in [0.29, 0.717) is 5.57 Å². The largest absolute Gasteiger partial charge is 0.394 e. The summed E-state index contributed by atoms with van der Waals surface area (Å²) < 4.78 is 6.51. The summed E-state index contributed by atoms with van der Waals surface area (Å²) in [6, 6.07) is 4.21. The summed E-state index contributed by atoms with van der Waals surface area (Å²) in [6.07, 6.45) is -0.231. The Balaban J connectivity index is 1.46. The van der Waals surface area contributed by atoms with E-state index in [2.05, 4.69) is 22.1 Å². The van der Waals surface area contributed by atoms with Gasteiger partial charge < -0.3 is 20.3 Å². The van der Waals surface area contributed by atoms with Crippen molar-refractivity contribution in [2.24, 2.45) is 0 Å². The van der Waals surface area contributed by atoms with Gasteiger partial charge in [-0.25, -0.2) is 4.79 Å². The van der Waals surface area contributed by atoms with Gasteiger partial charge in [-0.1, -0.05) is 11.8 Å². The average molecular weight is 479 g/mol. The number of H-pyrrole nitrogens is 1. The molecule has 11 heteroatoms. The average Bonchev–Trinajstić information content (AvgIpc) is 3.21. The van der Waals surface area contributed by atoms with Crippen LogP contribution in [0.4, 0.5) is 0 Å². The first-order valence-corrected chi connectivity index (χ1v) is 10.7. The number of benzene rings is 1. The molecule has 4 N–H and O–H groups in total. The highest BCUT2D eigenvalue weighted by Gasteiger charge is 2.35. The number of carbonyl (C=O) groups excluding carboxylic acids is 3. The van der Waals surface area contributed by atoms with E-state index in [1.54, 1.807) is 6.92 Å². The maximum atomic E-state index is 12.5. The van der Waals surface area contributed by atoms with Gasteiger partial charge in [0.05, 0.1) is 19.3 Å². The third-order valence-corrected chi connectivity index (χ3v) is 5.72. The molecular weight excluding hydrogens is 458 g/mol. The second kappa shape index (κ2) is 9.63. The summed E-state index contributed by atoms with van der Waals surface area (Å²) in [6.45, 7) is 0.980. The Morgan fingerprint density at radius 1 is 1.26 bits per heavy atom. The smallest absolute Gasteiger partial charge is 0.330 e. The topological polar surface area (TPSA) is 168 Å². The van der Waals surface area contributed by atoms with Gasteiger partial charge in [0, 0.05) is 34.9 Å². The number of ketones is 2. The lowest BCUT2D eigenvalue weighted by Gasteiger charge is -2.14. The van der Waals surface area contributed by atoms with Crippen molar-refractivity contribution in [1.82, 2.24) is 14.9 Å². The molecule has 0 spiro atoms. The molecule has 11 nitrogen and oxygen atoms in total. The van der Waals surface area contributed by atoms with E-state index in [4.69, 9.17) is 4.74 Å². The molecule has 2 heterocycles. The molecular formula is C24H21N3O8. The number of hydrogen-bond donors (Lipinski definition) is 4. The number of aliphatic hydroxyl groups excluding tert-OH is 2. The number of hydrogen-bond acceptors (Lipinski definition) is 8. The predicted molar refractivity (Wildman–Crippen MR) is 121 cm³/mol. The third kappa shape index (κ3) is 4.76. The summed E-state index contributed by atoms with van der Waals surface area (Å²) in [7, 11) is 0. The molecule has 1 fully saturated rings. The molecule has 2 aliphatic rings. The summed E-state index contributed by atoms with van der Waals surface area (Å²) in [5.41, 5.74) is -0.662. The fraction of sp³-hybridized carbons (Fsp3) is 0.292. The second-order valence-electron chi connectivity index (χ2n) is 8.09. The summed E-state index contributed by atoms with van der Waals surface area (Å²) in [4.78, 5) is 63.2. The van der Waals surface area contributed by atoms with Gasteiger partial charge in [-0.15, -0.1) is 0 Å². The number of amides is 1. The van der Waals surface area contributed by atoms with Crippen LogP contribution in [-0.2, 0) is 4.74 Å². The fourth-order valence-corrected chi connectivity index (χ4v) is 3.84. The van der Waals surface area contributed by atoms with Crippen molar-refractivity contribution in [2.45, 2.75) is 31.8 Å². The van der Waals surface area contributed by atoms with E-state index in [1.165, 1.54) is 30.5 Å². The highest BCUT2D eigenvalue weighted by molar-refractivity contribution is 6.24. The molecule has 0 bridgehead atoms. The molecule has 1 aliphatic carbocycles. The van der Waals surface area contributed by atoms with Crippen molar-refractivity contribution in [3.63, 3.8) is 0 Å². The van der Waals surface area contributed by atoms with E-state index >= 15 is 0 Å². The standard InChI is InChI=1S/C24H21N3O8/c1-12-7-17(29)16-8-13(4-5-15(16)21(12)31)22(32)25-6-2-3-14-10-27(24(34)26-23(14)33)20-9-18(30)19(11-28)35-20/h4-5,7-8,10,18-20,28,30H,6,9,11H2,1H3,(H,25,32)(H,26,33,34)/t18?,19-,20-/m1/s1. The molecule has 0 saturated carbocycles. The number of Topliss-reactive ketones (excluding diaryl/α,β-unsaturated/α-hetero) is 1. The van der Waals surface area contributed by atoms with Crippen LogP contribution in [0.1, 0.15) is 56.2 Å². The van der Waals surface area contributed by atoms with Gasteiger partial charge in [0.2, 0.25) is 0 Å². The van der Waals surface area contributed by atoms with Gasteiger partial charge in [0.15, 0.2) is 11.6 Å². The molecule has 1 aliphatic heterocycles. The van der Waals surface area contributed by atoms with Crippen LogP contribution in [0.25, 0.3) is 0 Å². The normalized spacial score (nSPS) is 21.1. The second-order valence-corrected chi connectivity index (χ2v) is 8.09. The minimum atomic E-state index is -0.967. The zero-order chi connectivity index (χ0) is 25.3. The zero-order valence-corrected chi connectivity index (χ0v) is 18.5. The Labute approximate surface area is 198 Å². The van der Waals surface area contributed by atoms with Gasteiger partial charge in [0.1, 0.15) is 17.9 Å². The van der Waals surface area contributed by atoms with Crippen LogP contribution in [0, 0.1) is 11.8 Å². The number of ether oxygens (including phenoxy) is 1. The summed E-state index contributed by atoms with van der Waals surface area (Å²) >= 11 is 0. The Bertz CT molecular complexity index is 1440. The van der Waals surface area contributed by atoms with Gasteiger partial charge in [0.25, 0.3) is 11.5 Å². The van der Waals surface area contributed by atoms with Crippen molar-refractivity contribution in [3.8, 4) is 11.8 Å². The first-order valence-electron chi connectivity index (χ1n) is 10.7. The van der Waals surface area contributed by atoms with Crippen LogP contribution >= 0.6 is 0 Å². The Kier molecular flexibility index (Phi) is 6.61. The van der Waals surface area contributed by atoms with Crippen LogP contribution in [0.5, 0.6) is 0 Å². The number of fused-ring (bicyclic) bond motifs is 1. The van der Waals surface area contributed by atoms with Crippen LogP contribution in [0.3, 0.4) is 0 Å². The molecule has 1 aromatic carbocycles. The number of aromatic amines is 1. The van der Waals surface area contributed by atoms with E-state index in [1.807, 2.05) is 0 Å². The van der Waals surface area contributed by atoms with Gasteiger partial charge in [-0.2, -0.15) is 0 Å². The van der Waals surface area contributed by atoms with E-state index in [9.17, 15) is 34.2 Å². The monoisotopic (exact) mass is 479 g/mol. The Morgan fingerprint density at radius 3 is 2.74 bits per heavy atom. The van der Waals surface area contributed by atoms with Crippen LogP contribution in [0.15, 0.2) is 45.6 Å². The number of aliphatic hydroxyl groups is 2. The molecule has 4 rings (SSSR count). The zero-order valence-electron chi connectivity index (χ0n) is 18.5. The fourth-order valence-electron chi connectivity index (χ4n) is 3.84. The minimum Gasteiger partial charge on any atom is -0.394 e. The molecule has 0 radical (unpaired) electrons. The molecule has 1 amide bonds. The van der Waals surface area contributed by atoms with E-state index in [-0.39, 0.29) is 46.8 Å².